The molecule has 0 aliphatic carbocycles. The molecule has 0 aliphatic rings. The van der Waals surface area contributed by atoms with E-state index in [0.29, 0.717) is 22.8 Å². The van der Waals surface area contributed by atoms with Gasteiger partial charge < -0.3 is 9.88 Å². The van der Waals surface area contributed by atoms with Gasteiger partial charge in [-0.05, 0) is 35.7 Å². The van der Waals surface area contributed by atoms with Crippen LogP contribution in [0.3, 0.4) is 0 Å². The van der Waals surface area contributed by atoms with E-state index in [1.54, 1.807) is 16.8 Å². The van der Waals surface area contributed by atoms with Crippen molar-refractivity contribution in [1.82, 2.24) is 4.57 Å². The predicted molar refractivity (Wildman–Crippen MR) is 96.4 cm³/mol. The standard InChI is InChI=1S/C20H19FN2O2/c1-13(2)16-5-3-4-6-18(16)22-20(25)11-23-10-14(12-24)17-9-15(21)7-8-19(17)23/h3-10,12-13H,11H2,1-2H3,(H,22,25). The van der Waals surface area contributed by atoms with Crippen LogP contribution in [0.15, 0.2) is 48.7 Å². The van der Waals surface area contributed by atoms with Crippen molar-refractivity contribution in [1.29, 1.82) is 0 Å². The fraction of sp³-hybridized carbons (Fsp3) is 0.200. The second kappa shape index (κ2) is 6.89. The first-order valence-electron chi connectivity index (χ1n) is 8.12. The molecule has 25 heavy (non-hydrogen) atoms. The highest BCUT2D eigenvalue weighted by Gasteiger charge is 2.13. The lowest BCUT2D eigenvalue weighted by molar-refractivity contribution is -0.116. The van der Waals surface area contributed by atoms with E-state index in [1.165, 1.54) is 12.1 Å². The molecule has 128 valence electrons. The summed E-state index contributed by atoms with van der Waals surface area (Å²) in [4.78, 5) is 23.7. The van der Waals surface area contributed by atoms with Gasteiger partial charge in [0.1, 0.15) is 12.4 Å². The van der Waals surface area contributed by atoms with Gasteiger partial charge in [0.25, 0.3) is 0 Å². The largest absolute Gasteiger partial charge is 0.337 e. The molecule has 1 N–H and O–H groups in total. The molecule has 0 unspecified atom stereocenters. The number of benzene rings is 2. The number of amides is 1. The van der Waals surface area contributed by atoms with E-state index in [0.717, 1.165) is 11.3 Å². The zero-order chi connectivity index (χ0) is 18.0. The molecule has 2 aromatic carbocycles. The molecule has 0 radical (unpaired) electrons. The molecule has 3 rings (SSSR count). The quantitative estimate of drug-likeness (QED) is 0.703. The van der Waals surface area contributed by atoms with Crippen LogP contribution in [0.4, 0.5) is 10.1 Å². The Labute approximate surface area is 145 Å². The number of hydrogen-bond donors (Lipinski definition) is 1. The number of carbonyl (C=O) groups is 2. The van der Waals surface area contributed by atoms with Gasteiger partial charge in [-0.1, -0.05) is 32.0 Å². The highest BCUT2D eigenvalue weighted by molar-refractivity contribution is 5.99. The second-order valence-electron chi connectivity index (χ2n) is 6.28. The number of carbonyl (C=O) groups excluding carboxylic acids is 2. The zero-order valence-electron chi connectivity index (χ0n) is 14.1. The Morgan fingerprint density at radius 2 is 2.00 bits per heavy atom. The van der Waals surface area contributed by atoms with Crippen molar-refractivity contribution in [3.63, 3.8) is 0 Å². The van der Waals surface area contributed by atoms with Crippen LogP contribution in [0.5, 0.6) is 0 Å². The van der Waals surface area contributed by atoms with Gasteiger partial charge in [0.05, 0.1) is 0 Å². The number of aromatic nitrogens is 1. The average molecular weight is 338 g/mol. The van der Waals surface area contributed by atoms with Gasteiger partial charge in [0.15, 0.2) is 6.29 Å². The van der Waals surface area contributed by atoms with Gasteiger partial charge in [0, 0.05) is 28.4 Å². The van der Waals surface area contributed by atoms with Crippen LogP contribution < -0.4 is 5.32 Å². The highest BCUT2D eigenvalue weighted by atomic mass is 19.1. The predicted octanol–water partition coefficient (Wildman–Crippen LogP) is 4.36. The molecule has 4 nitrogen and oxygen atoms in total. The summed E-state index contributed by atoms with van der Waals surface area (Å²) in [6, 6.07) is 11.9. The van der Waals surface area contributed by atoms with Crippen molar-refractivity contribution in [3.8, 4) is 0 Å². The van der Waals surface area contributed by atoms with Crippen LogP contribution in [0.25, 0.3) is 10.9 Å². The van der Waals surface area contributed by atoms with E-state index < -0.39 is 5.82 Å². The topological polar surface area (TPSA) is 51.1 Å². The molecule has 0 bridgehead atoms. The fourth-order valence-corrected chi connectivity index (χ4v) is 2.98. The molecule has 1 amide bonds. The molecular formula is C20H19FN2O2. The minimum absolute atomic E-state index is 0.0440. The molecule has 0 saturated carbocycles. The summed E-state index contributed by atoms with van der Waals surface area (Å²) in [5, 5.41) is 3.43. The van der Waals surface area contributed by atoms with Gasteiger partial charge in [-0.3, -0.25) is 9.59 Å². The van der Waals surface area contributed by atoms with Gasteiger partial charge in [-0.2, -0.15) is 0 Å². The van der Waals surface area contributed by atoms with Crippen LogP contribution >= 0.6 is 0 Å². The van der Waals surface area contributed by atoms with Crippen molar-refractivity contribution >= 4 is 28.8 Å². The van der Waals surface area contributed by atoms with E-state index in [4.69, 9.17) is 0 Å². The number of anilines is 1. The lowest BCUT2D eigenvalue weighted by Gasteiger charge is -2.14. The number of nitrogens with one attached hydrogen (secondary N) is 1. The normalized spacial score (nSPS) is 11.0. The van der Waals surface area contributed by atoms with Crippen LogP contribution in [0.1, 0.15) is 35.7 Å². The summed E-state index contributed by atoms with van der Waals surface area (Å²) in [6.45, 7) is 4.17. The second-order valence-corrected chi connectivity index (χ2v) is 6.28. The average Bonchev–Trinajstić information content (AvgIpc) is 2.91. The Kier molecular flexibility index (Phi) is 4.65. The summed E-state index contributed by atoms with van der Waals surface area (Å²) in [5.41, 5.74) is 2.85. The van der Waals surface area contributed by atoms with Crippen molar-refractivity contribution in [2.45, 2.75) is 26.3 Å². The van der Waals surface area contributed by atoms with Crippen LogP contribution in [0, 0.1) is 5.82 Å². The Morgan fingerprint density at radius 3 is 2.72 bits per heavy atom. The maximum absolute atomic E-state index is 13.4. The molecule has 0 aliphatic heterocycles. The number of para-hydroxylation sites is 1. The van der Waals surface area contributed by atoms with Crippen LogP contribution in [-0.4, -0.2) is 16.8 Å². The molecule has 0 saturated heterocycles. The highest BCUT2D eigenvalue weighted by Crippen LogP contribution is 2.24. The van der Waals surface area contributed by atoms with Crippen molar-refractivity contribution in [3.05, 3.63) is 65.6 Å². The van der Waals surface area contributed by atoms with Crippen LogP contribution in [0.2, 0.25) is 0 Å². The first-order chi connectivity index (χ1) is 12.0. The van der Waals surface area contributed by atoms with Crippen LogP contribution in [-0.2, 0) is 11.3 Å². The Bertz CT molecular complexity index is 944. The molecular weight excluding hydrogens is 319 g/mol. The van der Waals surface area contributed by atoms with Crippen molar-refractivity contribution in [2.75, 3.05) is 5.32 Å². The van der Waals surface area contributed by atoms with Crippen molar-refractivity contribution in [2.24, 2.45) is 0 Å². The SMILES string of the molecule is CC(C)c1ccccc1NC(=O)Cn1cc(C=O)c2cc(F)ccc21. The number of rotatable bonds is 5. The van der Waals surface area contributed by atoms with Crippen molar-refractivity contribution < 1.29 is 14.0 Å². The molecule has 1 heterocycles. The summed E-state index contributed by atoms with van der Waals surface area (Å²) in [5.74, 6) is -0.330. The fourth-order valence-electron chi connectivity index (χ4n) is 2.98. The third-order valence-corrected chi connectivity index (χ3v) is 4.17. The molecule has 3 aromatic rings. The smallest absolute Gasteiger partial charge is 0.244 e. The van der Waals surface area contributed by atoms with E-state index in [9.17, 15) is 14.0 Å². The van der Waals surface area contributed by atoms with Gasteiger partial charge in [-0.25, -0.2) is 4.39 Å². The van der Waals surface area contributed by atoms with Gasteiger partial charge >= 0.3 is 0 Å². The third-order valence-electron chi connectivity index (χ3n) is 4.17. The minimum atomic E-state index is -0.413. The Hall–Kier alpha value is -2.95. The zero-order valence-corrected chi connectivity index (χ0v) is 14.1. The summed E-state index contributed by atoms with van der Waals surface area (Å²) in [6.07, 6.45) is 2.25. The monoisotopic (exact) mass is 338 g/mol. The molecule has 0 atom stereocenters. The number of halogens is 1. The molecule has 0 fully saturated rings. The maximum atomic E-state index is 13.4. The summed E-state index contributed by atoms with van der Waals surface area (Å²) >= 11 is 0. The first-order valence-corrected chi connectivity index (χ1v) is 8.12. The van der Waals surface area contributed by atoms with E-state index in [2.05, 4.69) is 19.2 Å². The van der Waals surface area contributed by atoms with Gasteiger partial charge in [-0.15, -0.1) is 0 Å². The van der Waals surface area contributed by atoms with Gasteiger partial charge in [0.2, 0.25) is 5.91 Å². The summed E-state index contributed by atoms with van der Waals surface area (Å²) < 4.78 is 15.1. The molecule has 0 spiro atoms. The van der Waals surface area contributed by atoms with E-state index >= 15 is 0 Å². The lowest BCUT2D eigenvalue weighted by atomic mass is 10.0. The number of nitrogens with zero attached hydrogens (tertiary/aromatic N) is 1. The van der Waals surface area contributed by atoms with E-state index in [1.807, 2.05) is 24.3 Å². The number of hydrogen-bond acceptors (Lipinski definition) is 2. The van der Waals surface area contributed by atoms with E-state index in [-0.39, 0.29) is 18.4 Å². The molecule has 1 aromatic heterocycles. The maximum Gasteiger partial charge on any atom is 0.244 e. The minimum Gasteiger partial charge on any atom is -0.337 e. The Morgan fingerprint density at radius 1 is 1.24 bits per heavy atom. The summed E-state index contributed by atoms with van der Waals surface area (Å²) in [7, 11) is 0. The molecule has 5 heteroatoms. The lowest BCUT2D eigenvalue weighted by Crippen LogP contribution is -2.19. The first kappa shape index (κ1) is 16.9. The third kappa shape index (κ3) is 3.45. The number of aldehydes is 1. The number of fused-ring (bicyclic) bond motifs is 1. The Balaban J connectivity index is 1.87.